The van der Waals surface area contributed by atoms with Gasteiger partial charge in [0.1, 0.15) is 11.5 Å². The third kappa shape index (κ3) is 4.53. The standard InChI is InChI=1S/C24H22N4O5S/c1-15(23(29)25-17-8-4-6-10-21(17)32-2)34-24-26-18-14-16(28(30)31)12-13-19(18)27(24)20-9-5-7-11-22(20)33-3/h4-15H,1-3H3,(H,25,29)/t15-/m1/s1. The normalized spacial score (nSPS) is 11.7. The first-order valence-electron chi connectivity index (χ1n) is 10.3. The van der Waals surface area contributed by atoms with Crippen LogP contribution in [0.4, 0.5) is 11.4 Å². The molecule has 0 aliphatic heterocycles. The van der Waals surface area contributed by atoms with Gasteiger partial charge in [0, 0.05) is 12.1 Å². The maximum atomic E-state index is 13.0. The van der Waals surface area contributed by atoms with Crippen molar-refractivity contribution in [3.8, 4) is 17.2 Å². The largest absolute Gasteiger partial charge is 0.495 e. The predicted octanol–water partition coefficient (Wildman–Crippen LogP) is 5.07. The number of anilines is 1. The molecule has 10 heteroatoms. The molecular formula is C24H22N4O5S. The summed E-state index contributed by atoms with van der Waals surface area (Å²) in [5.41, 5.74) is 2.32. The molecule has 0 radical (unpaired) electrons. The van der Waals surface area contributed by atoms with E-state index in [4.69, 9.17) is 9.47 Å². The number of ether oxygens (including phenoxy) is 2. The van der Waals surface area contributed by atoms with E-state index < -0.39 is 10.2 Å². The lowest BCUT2D eigenvalue weighted by atomic mass is 10.2. The van der Waals surface area contributed by atoms with Crippen LogP contribution in [0.2, 0.25) is 0 Å². The Morgan fingerprint density at radius 3 is 2.44 bits per heavy atom. The molecule has 0 aliphatic carbocycles. The molecule has 1 aromatic heterocycles. The molecule has 0 saturated heterocycles. The van der Waals surface area contributed by atoms with Gasteiger partial charge < -0.3 is 14.8 Å². The predicted molar refractivity (Wildman–Crippen MR) is 131 cm³/mol. The molecular weight excluding hydrogens is 456 g/mol. The van der Waals surface area contributed by atoms with E-state index in [1.54, 1.807) is 32.2 Å². The van der Waals surface area contributed by atoms with Crippen LogP contribution in [0.5, 0.6) is 11.5 Å². The van der Waals surface area contributed by atoms with E-state index in [9.17, 15) is 14.9 Å². The number of carbonyl (C=O) groups excluding carboxylic acids is 1. The van der Waals surface area contributed by atoms with Gasteiger partial charge in [-0.2, -0.15) is 0 Å². The Kier molecular flexibility index (Phi) is 6.69. The molecule has 34 heavy (non-hydrogen) atoms. The first kappa shape index (κ1) is 23.1. The lowest BCUT2D eigenvalue weighted by Crippen LogP contribution is -2.23. The number of para-hydroxylation sites is 4. The highest BCUT2D eigenvalue weighted by molar-refractivity contribution is 8.00. The number of rotatable bonds is 8. The van der Waals surface area contributed by atoms with E-state index in [0.717, 1.165) is 0 Å². The number of hydrogen-bond acceptors (Lipinski definition) is 7. The Bertz CT molecular complexity index is 1370. The summed E-state index contributed by atoms with van der Waals surface area (Å²) in [6.45, 7) is 1.77. The lowest BCUT2D eigenvalue weighted by Gasteiger charge is -2.16. The number of benzene rings is 3. The van der Waals surface area contributed by atoms with E-state index in [1.807, 2.05) is 41.0 Å². The average Bonchev–Trinajstić information content (AvgIpc) is 3.20. The Morgan fingerprint density at radius 2 is 1.74 bits per heavy atom. The van der Waals surface area contributed by atoms with Gasteiger partial charge in [-0.1, -0.05) is 36.0 Å². The zero-order valence-electron chi connectivity index (χ0n) is 18.7. The summed E-state index contributed by atoms with van der Waals surface area (Å²) in [6, 6.07) is 19.1. The van der Waals surface area contributed by atoms with Crippen molar-refractivity contribution in [1.82, 2.24) is 9.55 Å². The maximum Gasteiger partial charge on any atom is 0.271 e. The van der Waals surface area contributed by atoms with Crippen molar-refractivity contribution >= 4 is 40.1 Å². The van der Waals surface area contributed by atoms with Gasteiger partial charge >= 0.3 is 0 Å². The van der Waals surface area contributed by atoms with Crippen LogP contribution in [0.1, 0.15) is 6.92 Å². The molecule has 1 atom stereocenters. The number of methoxy groups -OCH3 is 2. The minimum Gasteiger partial charge on any atom is -0.495 e. The minimum absolute atomic E-state index is 0.0595. The topological polar surface area (TPSA) is 109 Å². The van der Waals surface area contributed by atoms with E-state index in [-0.39, 0.29) is 11.6 Å². The van der Waals surface area contributed by atoms with Crippen molar-refractivity contribution in [3.63, 3.8) is 0 Å². The molecule has 1 heterocycles. The number of hydrogen-bond donors (Lipinski definition) is 1. The summed E-state index contributed by atoms with van der Waals surface area (Å²) < 4.78 is 12.7. The Hall–Kier alpha value is -4.05. The highest BCUT2D eigenvalue weighted by atomic mass is 32.2. The van der Waals surface area contributed by atoms with Crippen LogP contribution in [-0.2, 0) is 4.79 Å². The molecule has 4 aromatic rings. The molecule has 4 rings (SSSR count). The highest BCUT2D eigenvalue weighted by Gasteiger charge is 2.23. The van der Waals surface area contributed by atoms with Crippen LogP contribution < -0.4 is 14.8 Å². The number of imidazole rings is 1. The van der Waals surface area contributed by atoms with Gasteiger partial charge in [-0.05, 0) is 37.3 Å². The molecule has 1 amide bonds. The van der Waals surface area contributed by atoms with Crippen LogP contribution >= 0.6 is 11.8 Å². The van der Waals surface area contributed by atoms with Gasteiger partial charge in [0.15, 0.2) is 5.16 Å². The van der Waals surface area contributed by atoms with Gasteiger partial charge in [-0.3, -0.25) is 19.5 Å². The second-order valence-corrected chi connectivity index (χ2v) is 8.59. The number of nitro groups is 1. The van der Waals surface area contributed by atoms with Gasteiger partial charge in [0.25, 0.3) is 5.69 Å². The first-order chi connectivity index (χ1) is 16.4. The van der Waals surface area contributed by atoms with Crippen LogP contribution in [0, 0.1) is 10.1 Å². The van der Waals surface area contributed by atoms with Crippen LogP contribution in [-0.4, -0.2) is 39.9 Å². The Balaban J connectivity index is 1.73. The van der Waals surface area contributed by atoms with Gasteiger partial charge in [0.05, 0.1) is 46.8 Å². The number of thioether (sulfide) groups is 1. The van der Waals surface area contributed by atoms with Gasteiger partial charge in [-0.15, -0.1) is 0 Å². The number of fused-ring (bicyclic) bond motifs is 1. The van der Waals surface area contributed by atoms with Crippen molar-refractivity contribution in [2.24, 2.45) is 0 Å². The van der Waals surface area contributed by atoms with Crippen molar-refractivity contribution < 1.29 is 19.2 Å². The van der Waals surface area contributed by atoms with Crippen molar-refractivity contribution in [3.05, 3.63) is 76.8 Å². The molecule has 9 nitrogen and oxygen atoms in total. The number of nitrogens with one attached hydrogen (secondary N) is 1. The fourth-order valence-corrected chi connectivity index (χ4v) is 4.42. The average molecular weight is 479 g/mol. The summed E-state index contributed by atoms with van der Waals surface area (Å²) in [7, 11) is 3.11. The fraction of sp³-hybridized carbons (Fsp3) is 0.167. The van der Waals surface area contributed by atoms with E-state index in [2.05, 4.69) is 10.3 Å². The minimum atomic E-state index is -0.537. The number of amides is 1. The fourth-order valence-electron chi connectivity index (χ4n) is 3.48. The second kappa shape index (κ2) is 9.84. The van der Waals surface area contributed by atoms with E-state index in [0.29, 0.717) is 39.1 Å². The Morgan fingerprint density at radius 1 is 1.06 bits per heavy atom. The number of nitrogens with zero attached hydrogens (tertiary/aromatic N) is 3. The third-order valence-electron chi connectivity index (χ3n) is 5.16. The zero-order valence-corrected chi connectivity index (χ0v) is 19.5. The molecule has 0 unspecified atom stereocenters. The number of nitro benzene ring substituents is 1. The summed E-state index contributed by atoms with van der Waals surface area (Å²) >= 11 is 1.24. The Labute approximate surface area is 199 Å². The van der Waals surface area contributed by atoms with Crippen LogP contribution in [0.15, 0.2) is 71.9 Å². The monoisotopic (exact) mass is 478 g/mol. The zero-order chi connectivity index (χ0) is 24.2. The third-order valence-corrected chi connectivity index (χ3v) is 6.21. The quantitative estimate of drug-likeness (QED) is 0.214. The highest BCUT2D eigenvalue weighted by Crippen LogP contribution is 2.35. The molecule has 0 fully saturated rings. The first-order valence-corrected chi connectivity index (χ1v) is 11.2. The lowest BCUT2D eigenvalue weighted by molar-refractivity contribution is -0.384. The molecule has 0 aliphatic rings. The summed E-state index contributed by atoms with van der Waals surface area (Å²) in [5, 5.41) is 14.1. The number of aromatic nitrogens is 2. The van der Waals surface area contributed by atoms with Crippen molar-refractivity contribution in [1.29, 1.82) is 0 Å². The molecule has 0 bridgehead atoms. The smallest absolute Gasteiger partial charge is 0.271 e. The molecule has 174 valence electrons. The molecule has 1 N–H and O–H groups in total. The van der Waals surface area contributed by atoms with E-state index >= 15 is 0 Å². The summed E-state index contributed by atoms with van der Waals surface area (Å²) in [4.78, 5) is 28.4. The van der Waals surface area contributed by atoms with Crippen molar-refractivity contribution in [2.45, 2.75) is 17.3 Å². The SMILES string of the molecule is COc1ccccc1NC(=O)[C@@H](C)Sc1nc2cc([N+](=O)[O-])ccc2n1-c1ccccc1OC. The number of carbonyl (C=O) groups is 1. The maximum absolute atomic E-state index is 13.0. The van der Waals surface area contributed by atoms with Crippen LogP contribution in [0.25, 0.3) is 16.7 Å². The summed E-state index contributed by atoms with van der Waals surface area (Å²) in [6.07, 6.45) is 0. The molecule has 0 saturated carbocycles. The number of non-ortho nitro benzene ring substituents is 1. The summed E-state index contributed by atoms with van der Waals surface area (Å²) in [5.74, 6) is 0.925. The van der Waals surface area contributed by atoms with Gasteiger partial charge in [-0.25, -0.2) is 4.98 Å². The second-order valence-electron chi connectivity index (χ2n) is 7.28. The molecule has 0 spiro atoms. The van der Waals surface area contributed by atoms with Gasteiger partial charge in [0.2, 0.25) is 5.91 Å². The molecule has 3 aromatic carbocycles. The van der Waals surface area contributed by atoms with Crippen molar-refractivity contribution in [2.75, 3.05) is 19.5 Å². The van der Waals surface area contributed by atoms with E-state index in [1.165, 1.54) is 31.0 Å². The van der Waals surface area contributed by atoms with Crippen LogP contribution in [0.3, 0.4) is 0 Å².